The van der Waals surface area contributed by atoms with Crippen molar-refractivity contribution in [3.8, 4) is 5.69 Å². The van der Waals surface area contributed by atoms with Crippen LogP contribution in [0.2, 0.25) is 5.28 Å². The maximum Gasteiger partial charge on any atom is 0.270 e. The molecule has 3 heterocycles. The van der Waals surface area contributed by atoms with Crippen molar-refractivity contribution in [2.45, 2.75) is 13.0 Å². The number of carbonyl (C=O) groups is 1. The SMILES string of the molecule is CN(C)C(=O)c1cc2cnc(Cl)nc2n1-c1ccc2c(c1)CCNC2. The van der Waals surface area contributed by atoms with E-state index in [0.29, 0.717) is 11.3 Å². The Morgan fingerprint density at radius 2 is 2.12 bits per heavy atom. The summed E-state index contributed by atoms with van der Waals surface area (Å²) >= 11 is 6.01. The summed E-state index contributed by atoms with van der Waals surface area (Å²) in [7, 11) is 3.48. The minimum atomic E-state index is -0.0893. The van der Waals surface area contributed by atoms with Gasteiger partial charge in [-0.25, -0.2) is 4.98 Å². The molecule has 1 aliphatic heterocycles. The molecule has 128 valence electrons. The highest BCUT2D eigenvalue weighted by Gasteiger charge is 2.21. The van der Waals surface area contributed by atoms with E-state index in [0.717, 1.165) is 30.6 Å². The summed E-state index contributed by atoms with van der Waals surface area (Å²) in [6, 6.07) is 8.08. The zero-order chi connectivity index (χ0) is 17.6. The normalized spacial score (nSPS) is 13.7. The fourth-order valence-corrected chi connectivity index (χ4v) is 3.35. The molecular formula is C18H18ClN5O. The van der Waals surface area contributed by atoms with Crippen molar-refractivity contribution < 1.29 is 4.79 Å². The Labute approximate surface area is 150 Å². The molecule has 0 aliphatic carbocycles. The number of nitrogens with one attached hydrogen (secondary N) is 1. The molecule has 0 radical (unpaired) electrons. The van der Waals surface area contributed by atoms with E-state index in [9.17, 15) is 4.79 Å². The van der Waals surface area contributed by atoms with Gasteiger partial charge in [-0.15, -0.1) is 0 Å². The Bertz CT molecular complexity index is 979. The van der Waals surface area contributed by atoms with Gasteiger partial charge < -0.3 is 10.2 Å². The van der Waals surface area contributed by atoms with Gasteiger partial charge in [-0.1, -0.05) is 6.07 Å². The number of halogens is 1. The van der Waals surface area contributed by atoms with Crippen LogP contribution in [-0.4, -0.2) is 46.0 Å². The van der Waals surface area contributed by atoms with Crippen molar-refractivity contribution in [2.24, 2.45) is 0 Å². The Hall–Kier alpha value is -2.44. The molecule has 0 fully saturated rings. The maximum absolute atomic E-state index is 12.7. The van der Waals surface area contributed by atoms with Crippen LogP contribution in [0, 0.1) is 0 Å². The predicted molar refractivity (Wildman–Crippen MR) is 97.3 cm³/mol. The van der Waals surface area contributed by atoms with Crippen molar-refractivity contribution in [1.29, 1.82) is 0 Å². The van der Waals surface area contributed by atoms with Gasteiger partial charge in [0.1, 0.15) is 11.3 Å². The number of hydrogen-bond acceptors (Lipinski definition) is 4. The van der Waals surface area contributed by atoms with Crippen LogP contribution in [0.5, 0.6) is 0 Å². The van der Waals surface area contributed by atoms with Gasteiger partial charge in [-0.3, -0.25) is 9.36 Å². The molecule has 0 bridgehead atoms. The van der Waals surface area contributed by atoms with Crippen molar-refractivity contribution in [3.05, 3.63) is 52.6 Å². The average molecular weight is 356 g/mol. The van der Waals surface area contributed by atoms with E-state index in [1.54, 1.807) is 25.2 Å². The van der Waals surface area contributed by atoms with Crippen LogP contribution in [0.3, 0.4) is 0 Å². The fourth-order valence-electron chi connectivity index (χ4n) is 3.22. The molecule has 3 aromatic rings. The Kier molecular flexibility index (Phi) is 3.94. The number of benzene rings is 1. The van der Waals surface area contributed by atoms with Gasteiger partial charge in [0, 0.05) is 37.9 Å². The van der Waals surface area contributed by atoms with E-state index in [4.69, 9.17) is 11.6 Å². The van der Waals surface area contributed by atoms with E-state index in [2.05, 4.69) is 27.4 Å². The largest absolute Gasteiger partial charge is 0.343 e. The fraction of sp³-hybridized carbons (Fsp3) is 0.278. The summed E-state index contributed by atoms with van der Waals surface area (Å²) in [5.74, 6) is -0.0893. The first kappa shape index (κ1) is 16.1. The molecule has 0 spiro atoms. The standard InChI is InChI=1S/C18H18ClN5O/c1-23(2)17(25)15-8-13-10-21-18(19)22-16(13)24(15)14-4-3-12-9-20-6-5-11(12)7-14/h3-4,7-8,10,20H,5-6,9H2,1-2H3. The highest BCUT2D eigenvalue weighted by Crippen LogP contribution is 2.26. The number of amides is 1. The summed E-state index contributed by atoms with van der Waals surface area (Å²) in [6.07, 6.45) is 2.62. The van der Waals surface area contributed by atoms with E-state index in [1.165, 1.54) is 11.1 Å². The Morgan fingerprint density at radius 1 is 1.28 bits per heavy atom. The van der Waals surface area contributed by atoms with Crippen molar-refractivity contribution in [3.63, 3.8) is 0 Å². The summed E-state index contributed by atoms with van der Waals surface area (Å²) in [6.45, 7) is 1.83. The molecule has 7 heteroatoms. The average Bonchev–Trinajstić information content (AvgIpc) is 2.99. The van der Waals surface area contributed by atoms with E-state index in [1.807, 2.05) is 16.7 Å². The quantitative estimate of drug-likeness (QED) is 0.717. The van der Waals surface area contributed by atoms with Crippen LogP contribution in [-0.2, 0) is 13.0 Å². The second-order valence-corrected chi connectivity index (χ2v) is 6.70. The van der Waals surface area contributed by atoms with Crippen LogP contribution in [0.25, 0.3) is 16.7 Å². The molecule has 0 saturated heterocycles. The molecule has 2 aromatic heterocycles. The molecule has 1 aromatic carbocycles. The van der Waals surface area contributed by atoms with E-state index < -0.39 is 0 Å². The van der Waals surface area contributed by atoms with Crippen LogP contribution < -0.4 is 5.32 Å². The third-order valence-corrected chi connectivity index (χ3v) is 4.65. The third kappa shape index (κ3) is 2.77. The highest BCUT2D eigenvalue weighted by molar-refractivity contribution is 6.28. The number of hydrogen-bond donors (Lipinski definition) is 1. The molecule has 4 rings (SSSR count). The minimum absolute atomic E-state index is 0.0893. The van der Waals surface area contributed by atoms with Gasteiger partial charge in [0.25, 0.3) is 5.91 Å². The van der Waals surface area contributed by atoms with Gasteiger partial charge in [0.15, 0.2) is 0 Å². The van der Waals surface area contributed by atoms with Gasteiger partial charge in [0.05, 0.1) is 0 Å². The summed E-state index contributed by atoms with van der Waals surface area (Å²) < 4.78 is 1.87. The number of aromatic nitrogens is 3. The lowest BCUT2D eigenvalue weighted by Crippen LogP contribution is -2.25. The molecule has 1 N–H and O–H groups in total. The number of carbonyl (C=O) groups excluding carboxylic acids is 1. The molecule has 1 amide bonds. The van der Waals surface area contributed by atoms with Crippen molar-refractivity contribution in [1.82, 2.24) is 24.8 Å². The van der Waals surface area contributed by atoms with Crippen LogP contribution in [0.15, 0.2) is 30.5 Å². The topological polar surface area (TPSA) is 63.1 Å². The highest BCUT2D eigenvalue weighted by atomic mass is 35.5. The first-order valence-corrected chi connectivity index (χ1v) is 8.51. The minimum Gasteiger partial charge on any atom is -0.343 e. The lowest BCUT2D eigenvalue weighted by molar-refractivity contribution is 0.0820. The molecule has 1 aliphatic rings. The molecule has 0 atom stereocenters. The van der Waals surface area contributed by atoms with Gasteiger partial charge in [-0.2, -0.15) is 4.98 Å². The summed E-state index contributed by atoms with van der Waals surface area (Å²) in [4.78, 5) is 22.7. The van der Waals surface area contributed by atoms with Gasteiger partial charge in [-0.05, 0) is 53.9 Å². The maximum atomic E-state index is 12.7. The van der Waals surface area contributed by atoms with Crippen molar-refractivity contribution in [2.75, 3.05) is 20.6 Å². The monoisotopic (exact) mass is 355 g/mol. The summed E-state index contributed by atoms with van der Waals surface area (Å²) in [5.41, 5.74) is 4.68. The summed E-state index contributed by atoms with van der Waals surface area (Å²) in [5, 5.41) is 4.32. The Morgan fingerprint density at radius 3 is 2.92 bits per heavy atom. The molecule has 0 saturated carbocycles. The molecule has 0 unspecified atom stereocenters. The molecular weight excluding hydrogens is 338 g/mol. The van der Waals surface area contributed by atoms with E-state index in [-0.39, 0.29) is 11.2 Å². The second kappa shape index (κ2) is 6.13. The number of rotatable bonds is 2. The lowest BCUT2D eigenvalue weighted by Gasteiger charge is -2.19. The lowest BCUT2D eigenvalue weighted by atomic mass is 10.0. The molecule has 6 nitrogen and oxygen atoms in total. The van der Waals surface area contributed by atoms with Gasteiger partial charge >= 0.3 is 0 Å². The van der Waals surface area contributed by atoms with Gasteiger partial charge in [0.2, 0.25) is 5.28 Å². The second-order valence-electron chi connectivity index (χ2n) is 6.36. The van der Waals surface area contributed by atoms with Crippen molar-refractivity contribution >= 4 is 28.5 Å². The van der Waals surface area contributed by atoms with E-state index >= 15 is 0 Å². The smallest absolute Gasteiger partial charge is 0.270 e. The zero-order valence-electron chi connectivity index (χ0n) is 14.1. The third-order valence-electron chi connectivity index (χ3n) is 4.47. The Balaban J connectivity index is 1.97. The number of fused-ring (bicyclic) bond motifs is 2. The van der Waals surface area contributed by atoms with Crippen LogP contribution >= 0.6 is 11.6 Å². The first-order valence-electron chi connectivity index (χ1n) is 8.13. The van der Waals surface area contributed by atoms with Crippen LogP contribution in [0.1, 0.15) is 21.6 Å². The first-order chi connectivity index (χ1) is 12.0. The zero-order valence-corrected chi connectivity index (χ0v) is 14.8. The molecule has 25 heavy (non-hydrogen) atoms. The predicted octanol–water partition coefficient (Wildman–Crippen LogP) is 2.42. The number of nitrogens with zero attached hydrogens (tertiary/aromatic N) is 4. The van der Waals surface area contributed by atoms with Crippen LogP contribution in [0.4, 0.5) is 0 Å².